The van der Waals surface area contributed by atoms with Gasteiger partial charge < -0.3 is 4.74 Å². The van der Waals surface area contributed by atoms with E-state index >= 15 is 0 Å². The van der Waals surface area contributed by atoms with E-state index < -0.39 is 15.8 Å². The highest BCUT2D eigenvalue weighted by Crippen LogP contribution is 2.22. The van der Waals surface area contributed by atoms with Crippen molar-refractivity contribution in [2.24, 2.45) is 0 Å². The van der Waals surface area contributed by atoms with Crippen molar-refractivity contribution >= 4 is 9.84 Å². The van der Waals surface area contributed by atoms with E-state index in [-0.39, 0.29) is 4.90 Å². The first-order valence-electron chi connectivity index (χ1n) is 5.05. The summed E-state index contributed by atoms with van der Waals surface area (Å²) in [7, 11) is -3.22. The molecule has 0 saturated heterocycles. The van der Waals surface area contributed by atoms with Crippen LogP contribution in [0.3, 0.4) is 0 Å². The van der Waals surface area contributed by atoms with Crippen molar-refractivity contribution in [2.75, 3.05) is 6.26 Å². The van der Waals surface area contributed by atoms with Gasteiger partial charge in [0.25, 0.3) is 0 Å². The summed E-state index contributed by atoms with van der Waals surface area (Å²) >= 11 is 0. The standard InChI is InChI=1S/C12H10FNO3S/c1-18(15,16)11-4-2-9(3-5-11)17-10-6-7-14-12(13)8-10/h2-8H,1H3. The van der Waals surface area contributed by atoms with Gasteiger partial charge in [0, 0.05) is 18.5 Å². The van der Waals surface area contributed by atoms with Crippen molar-refractivity contribution in [3.05, 3.63) is 48.5 Å². The lowest BCUT2D eigenvalue weighted by atomic mass is 10.3. The number of pyridine rings is 1. The molecule has 0 aliphatic heterocycles. The molecule has 0 bridgehead atoms. The summed E-state index contributed by atoms with van der Waals surface area (Å²) in [6, 6.07) is 8.53. The Morgan fingerprint density at radius 1 is 1.11 bits per heavy atom. The van der Waals surface area contributed by atoms with Gasteiger partial charge in [0.2, 0.25) is 5.95 Å². The molecule has 94 valence electrons. The highest BCUT2D eigenvalue weighted by Gasteiger charge is 2.07. The van der Waals surface area contributed by atoms with Crippen molar-refractivity contribution < 1.29 is 17.5 Å². The fourth-order valence-corrected chi connectivity index (χ4v) is 1.97. The first-order chi connectivity index (χ1) is 8.45. The lowest BCUT2D eigenvalue weighted by Crippen LogP contribution is -1.96. The van der Waals surface area contributed by atoms with Gasteiger partial charge in [-0.15, -0.1) is 0 Å². The van der Waals surface area contributed by atoms with Crippen molar-refractivity contribution in [3.8, 4) is 11.5 Å². The molecule has 1 aromatic heterocycles. The zero-order valence-corrected chi connectivity index (χ0v) is 10.3. The van der Waals surface area contributed by atoms with E-state index in [0.717, 1.165) is 12.3 Å². The molecular formula is C12H10FNO3S. The minimum absolute atomic E-state index is 0.204. The molecular weight excluding hydrogens is 257 g/mol. The number of sulfone groups is 1. The molecule has 1 aromatic carbocycles. The van der Waals surface area contributed by atoms with Crippen molar-refractivity contribution in [1.29, 1.82) is 0 Å². The van der Waals surface area contributed by atoms with Crippen LogP contribution in [-0.2, 0) is 9.84 Å². The average molecular weight is 267 g/mol. The second-order valence-electron chi connectivity index (χ2n) is 3.66. The molecule has 2 rings (SSSR count). The van der Waals surface area contributed by atoms with E-state index in [1.54, 1.807) is 0 Å². The fourth-order valence-electron chi connectivity index (χ4n) is 1.34. The summed E-state index contributed by atoms with van der Waals surface area (Å²) in [6.07, 6.45) is 2.41. The SMILES string of the molecule is CS(=O)(=O)c1ccc(Oc2ccnc(F)c2)cc1. The maximum absolute atomic E-state index is 12.8. The third-order valence-electron chi connectivity index (χ3n) is 2.19. The average Bonchev–Trinajstić information content (AvgIpc) is 2.28. The Morgan fingerprint density at radius 3 is 2.33 bits per heavy atom. The summed E-state index contributed by atoms with van der Waals surface area (Å²) in [5.41, 5.74) is 0. The second kappa shape index (κ2) is 4.73. The van der Waals surface area contributed by atoms with Crippen LogP contribution in [0.25, 0.3) is 0 Å². The van der Waals surface area contributed by atoms with Gasteiger partial charge in [-0.3, -0.25) is 0 Å². The zero-order valence-electron chi connectivity index (χ0n) is 9.50. The van der Waals surface area contributed by atoms with Gasteiger partial charge in [0.15, 0.2) is 9.84 Å². The van der Waals surface area contributed by atoms with Gasteiger partial charge in [0.05, 0.1) is 4.90 Å². The zero-order chi connectivity index (χ0) is 13.2. The predicted octanol–water partition coefficient (Wildman–Crippen LogP) is 2.42. The molecule has 18 heavy (non-hydrogen) atoms. The van der Waals surface area contributed by atoms with Crippen LogP contribution in [0.5, 0.6) is 11.5 Å². The van der Waals surface area contributed by atoms with Crippen LogP contribution in [0.2, 0.25) is 0 Å². The summed E-state index contributed by atoms with van der Waals surface area (Å²) < 4.78 is 40.7. The van der Waals surface area contributed by atoms with Crippen molar-refractivity contribution in [1.82, 2.24) is 4.98 Å². The highest BCUT2D eigenvalue weighted by atomic mass is 32.2. The lowest BCUT2D eigenvalue weighted by Gasteiger charge is -2.05. The smallest absolute Gasteiger partial charge is 0.216 e. The number of aromatic nitrogens is 1. The van der Waals surface area contributed by atoms with Gasteiger partial charge in [-0.25, -0.2) is 13.4 Å². The maximum atomic E-state index is 12.8. The van der Waals surface area contributed by atoms with E-state index in [4.69, 9.17) is 4.74 Å². The molecule has 4 nitrogen and oxygen atoms in total. The summed E-state index contributed by atoms with van der Waals surface area (Å²) in [5, 5.41) is 0. The van der Waals surface area contributed by atoms with Gasteiger partial charge in [-0.2, -0.15) is 4.39 Å². The summed E-state index contributed by atoms with van der Waals surface area (Å²) in [6.45, 7) is 0. The van der Waals surface area contributed by atoms with Crippen LogP contribution in [0.4, 0.5) is 4.39 Å². The Hall–Kier alpha value is -1.95. The van der Waals surface area contributed by atoms with Gasteiger partial charge in [-0.05, 0) is 30.3 Å². The third-order valence-corrected chi connectivity index (χ3v) is 3.31. The number of nitrogens with zero attached hydrogens (tertiary/aromatic N) is 1. The number of hydrogen-bond donors (Lipinski definition) is 0. The molecule has 1 heterocycles. The molecule has 0 saturated carbocycles. The topological polar surface area (TPSA) is 56.3 Å². The summed E-state index contributed by atoms with van der Waals surface area (Å²) in [5.74, 6) is 0.0860. The van der Waals surface area contributed by atoms with Gasteiger partial charge in [0.1, 0.15) is 11.5 Å². The molecule has 0 aliphatic carbocycles. The number of hydrogen-bond acceptors (Lipinski definition) is 4. The number of ether oxygens (including phenoxy) is 1. The van der Waals surface area contributed by atoms with Gasteiger partial charge >= 0.3 is 0 Å². The summed E-state index contributed by atoms with van der Waals surface area (Å²) in [4.78, 5) is 3.61. The predicted molar refractivity (Wildman–Crippen MR) is 63.8 cm³/mol. The third kappa shape index (κ3) is 3.04. The Bertz CT molecular complexity index is 653. The number of halogens is 1. The van der Waals surface area contributed by atoms with Crippen LogP contribution in [0.15, 0.2) is 47.5 Å². The molecule has 0 unspecified atom stereocenters. The molecule has 0 atom stereocenters. The van der Waals surface area contributed by atoms with E-state index in [1.165, 1.54) is 36.5 Å². The van der Waals surface area contributed by atoms with E-state index in [9.17, 15) is 12.8 Å². The Balaban J connectivity index is 2.21. The Labute approximate surface area is 104 Å². The molecule has 0 radical (unpaired) electrons. The fraction of sp³-hybridized carbons (Fsp3) is 0.0833. The minimum atomic E-state index is -3.22. The van der Waals surface area contributed by atoms with Crippen LogP contribution >= 0.6 is 0 Å². The van der Waals surface area contributed by atoms with E-state index in [2.05, 4.69) is 4.98 Å². The van der Waals surface area contributed by atoms with Crippen LogP contribution in [0.1, 0.15) is 0 Å². The number of rotatable bonds is 3. The number of benzene rings is 1. The molecule has 0 fully saturated rings. The van der Waals surface area contributed by atoms with Crippen molar-refractivity contribution in [2.45, 2.75) is 4.90 Å². The van der Waals surface area contributed by atoms with Crippen LogP contribution in [0, 0.1) is 5.95 Å². The Morgan fingerprint density at radius 2 is 1.78 bits per heavy atom. The van der Waals surface area contributed by atoms with Crippen LogP contribution in [-0.4, -0.2) is 19.7 Å². The quantitative estimate of drug-likeness (QED) is 0.801. The maximum Gasteiger partial charge on any atom is 0.216 e. The molecule has 6 heteroatoms. The Kier molecular flexibility index (Phi) is 3.29. The normalized spacial score (nSPS) is 11.2. The van der Waals surface area contributed by atoms with E-state index in [0.29, 0.717) is 11.5 Å². The second-order valence-corrected chi connectivity index (χ2v) is 5.68. The molecule has 0 aliphatic rings. The molecule has 0 spiro atoms. The highest BCUT2D eigenvalue weighted by molar-refractivity contribution is 7.90. The molecule has 2 aromatic rings. The monoisotopic (exact) mass is 267 g/mol. The largest absolute Gasteiger partial charge is 0.457 e. The molecule has 0 amide bonds. The molecule has 0 N–H and O–H groups in total. The lowest BCUT2D eigenvalue weighted by molar-refractivity contribution is 0.471. The van der Waals surface area contributed by atoms with Crippen molar-refractivity contribution in [3.63, 3.8) is 0 Å². The minimum Gasteiger partial charge on any atom is -0.457 e. The first-order valence-corrected chi connectivity index (χ1v) is 6.94. The van der Waals surface area contributed by atoms with Gasteiger partial charge in [-0.1, -0.05) is 0 Å². The first kappa shape index (κ1) is 12.5. The van der Waals surface area contributed by atoms with E-state index in [1.807, 2.05) is 0 Å². The van der Waals surface area contributed by atoms with Crippen LogP contribution < -0.4 is 4.74 Å².